The number of benzene rings is 8. The minimum Gasteiger partial charge on any atom is -0.310 e. The highest BCUT2D eigenvalue weighted by molar-refractivity contribution is 8.03. The van der Waals surface area contributed by atoms with E-state index in [1.54, 1.807) is 0 Å². The minimum absolute atomic E-state index is 0.499. The van der Waals surface area contributed by atoms with Gasteiger partial charge in [-0.2, -0.15) is 0 Å². The van der Waals surface area contributed by atoms with Gasteiger partial charge >= 0.3 is 0 Å². The van der Waals surface area contributed by atoms with E-state index in [2.05, 4.69) is 175 Å². The summed E-state index contributed by atoms with van der Waals surface area (Å²) in [7, 11) is 0. The van der Waals surface area contributed by atoms with Crippen molar-refractivity contribution >= 4 is 71.9 Å². The smallest absolute Gasteiger partial charge is 0.0540 e. The Morgan fingerprint density at radius 3 is 2.17 bits per heavy atom. The second-order valence-corrected chi connectivity index (χ2v) is 14.0. The summed E-state index contributed by atoms with van der Waals surface area (Å²) in [6.07, 6.45) is 7.89. The normalized spacial score (nSPS) is 15.2. The Hall–Kier alpha value is -5.57. The summed E-state index contributed by atoms with van der Waals surface area (Å²) in [4.78, 5) is 5.31. The zero-order valence-electron chi connectivity index (χ0n) is 26.3. The Morgan fingerprint density at radius 2 is 1.25 bits per heavy atom. The van der Waals surface area contributed by atoms with Crippen molar-refractivity contribution in [1.82, 2.24) is 0 Å². The van der Waals surface area contributed by atoms with Crippen LogP contribution in [-0.4, -0.2) is 0 Å². The topological polar surface area (TPSA) is 3.24 Å². The molecule has 8 aromatic carbocycles. The molecule has 1 unspecified atom stereocenters. The summed E-state index contributed by atoms with van der Waals surface area (Å²) < 4.78 is 0. The lowest BCUT2D eigenvalue weighted by molar-refractivity contribution is 0.839. The summed E-state index contributed by atoms with van der Waals surface area (Å²) in [5, 5.41) is 10.2. The van der Waals surface area contributed by atoms with E-state index in [-0.39, 0.29) is 0 Å². The molecule has 1 aliphatic carbocycles. The quantitative estimate of drug-likeness (QED) is 0.178. The molecule has 10 rings (SSSR count). The van der Waals surface area contributed by atoms with Crippen LogP contribution in [0.4, 0.5) is 17.1 Å². The molecule has 1 nitrogen and oxygen atoms in total. The third-order valence-corrected chi connectivity index (χ3v) is 11.4. The first-order chi connectivity index (χ1) is 23.8. The Morgan fingerprint density at radius 1 is 0.542 bits per heavy atom. The van der Waals surface area contributed by atoms with Crippen molar-refractivity contribution in [2.45, 2.75) is 17.2 Å². The van der Waals surface area contributed by atoms with E-state index in [4.69, 9.17) is 0 Å². The van der Waals surface area contributed by atoms with Crippen molar-refractivity contribution in [1.29, 1.82) is 0 Å². The fourth-order valence-corrected chi connectivity index (χ4v) is 9.09. The highest BCUT2D eigenvalue weighted by Crippen LogP contribution is 2.53. The van der Waals surface area contributed by atoms with Crippen LogP contribution in [0.15, 0.2) is 180 Å². The molecule has 48 heavy (non-hydrogen) atoms. The van der Waals surface area contributed by atoms with E-state index in [0.717, 1.165) is 23.5 Å². The van der Waals surface area contributed by atoms with E-state index >= 15 is 0 Å². The van der Waals surface area contributed by atoms with Crippen LogP contribution in [0.1, 0.15) is 17.9 Å². The number of thioether (sulfide) groups is 1. The predicted molar refractivity (Wildman–Crippen MR) is 207 cm³/mol. The van der Waals surface area contributed by atoms with Crippen molar-refractivity contribution < 1.29 is 0 Å². The molecule has 0 amide bonds. The lowest BCUT2D eigenvalue weighted by Gasteiger charge is -2.28. The molecule has 0 radical (unpaired) electrons. The van der Waals surface area contributed by atoms with Crippen LogP contribution in [0, 0.1) is 0 Å². The maximum Gasteiger partial charge on any atom is 0.0540 e. The number of para-hydroxylation sites is 1. The lowest BCUT2D eigenvalue weighted by atomic mass is 9.91. The zero-order valence-corrected chi connectivity index (χ0v) is 27.1. The van der Waals surface area contributed by atoms with Gasteiger partial charge < -0.3 is 4.90 Å². The van der Waals surface area contributed by atoms with Crippen LogP contribution in [-0.2, 0) is 0 Å². The molecule has 8 aromatic rings. The zero-order chi connectivity index (χ0) is 31.6. The number of anilines is 3. The minimum atomic E-state index is 0.499. The van der Waals surface area contributed by atoms with Crippen LogP contribution >= 0.6 is 11.8 Å². The van der Waals surface area contributed by atoms with Crippen molar-refractivity contribution in [3.63, 3.8) is 0 Å². The van der Waals surface area contributed by atoms with Crippen LogP contribution < -0.4 is 4.90 Å². The maximum absolute atomic E-state index is 2.45. The number of allylic oxidation sites excluding steroid dienone is 4. The molecule has 1 aliphatic heterocycles. The van der Waals surface area contributed by atoms with Gasteiger partial charge in [0.1, 0.15) is 0 Å². The molecule has 1 atom stereocenters. The Balaban J connectivity index is 1.18. The highest BCUT2D eigenvalue weighted by atomic mass is 32.2. The standard InChI is InChI=1S/C46H31NS/c1-2-10-30(11-3-1)38-13-6-8-16-43(38)47(36-23-22-33-28-42-41-15-7-9-17-44(41)48-45(42)29-35(33)27-36)37-24-25-40-34(26-37)21-20-32-19-18-31-12-4-5-14-39(31)46(32)40/h1-14,16-29,41H,15H2. The largest absolute Gasteiger partial charge is 0.310 e. The van der Waals surface area contributed by atoms with Gasteiger partial charge in [-0.3, -0.25) is 0 Å². The number of hydrogen-bond acceptors (Lipinski definition) is 2. The van der Waals surface area contributed by atoms with Crippen molar-refractivity contribution in [2.75, 3.05) is 4.90 Å². The van der Waals surface area contributed by atoms with Crippen LogP contribution in [0.5, 0.6) is 0 Å². The average molecular weight is 630 g/mol. The average Bonchev–Trinajstić information content (AvgIpc) is 3.51. The van der Waals surface area contributed by atoms with Gasteiger partial charge in [-0.1, -0.05) is 139 Å². The number of nitrogens with zero attached hydrogens (tertiary/aromatic N) is 1. The van der Waals surface area contributed by atoms with Crippen LogP contribution in [0.3, 0.4) is 0 Å². The first-order valence-electron chi connectivity index (χ1n) is 16.7. The number of fused-ring (bicyclic) bond motifs is 9. The van der Waals surface area contributed by atoms with Crippen molar-refractivity contribution in [2.24, 2.45) is 0 Å². The van der Waals surface area contributed by atoms with Crippen LogP contribution in [0.25, 0.3) is 54.2 Å². The molecular formula is C46H31NS. The van der Waals surface area contributed by atoms with Crippen molar-refractivity contribution in [3.05, 3.63) is 180 Å². The molecule has 1 heterocycles. The van der Waals surface area contributed by atoms with E-state index in [0.29, 0.717) is 5.92 Å². The summed E-state index contributed by atoms with van der Waals surface area (Å²) in [6.45, 7) is 0. The molecule has 0 saturated heterocycles. The summed E-state index contributed by atoms with van der Waals surface area (Å²) in [6, 6.07) is 56.1. The number of hydrogen-bond donors (Lipinski definition) is 0. The molecule has 2 heteroatoms. The maximum atomic E-state index is 2.45. The van der Waals surface area contributed by atoms with Gasteiger partial charge in [-0.15, -0.1) is 0 Å². The van der Waals surface area contributed by atoms with Gasteiger partial charge in [-0.25, -0.2) is 0 Å². The number of rotatable bonds is 4. The van der Waals surface area contributed by atoms with E-state index in [9.17, 15) is 0 Å². The van der Waals surface area contributed by atoms with E-state index < -0.39 is 0 Å². The molecule has 0 spiro atoms. The third kappa shape index (κ3) is 4.41. The second-order valence-electron chi connectivity index (χ2n) is 12.9. The molecule has 226 valence electrons. The molecule has 0 bridgehead atoms. The third-order valence-electron chi connectivity index (χ3n) is 10.1. The Kier molecular flexibility index (Phi) is 6.32. The second kappa shape index (κ2) is 11.0. The van der Waals surface area contributed by atoms with Gasteiger partial charge in [0.25, 0.3) is 0 Å². The van der Waals surface area contributed by atoms with E-state index in [1.807, 2.05) is 11.8 Å². The molecule has 0 fully saturated rings. The van der Waals surface area contributed by atoms with Gasteiger partial charge in [0, 0.05) is 27.8 Å². The predicted octanol–water partition coefficient (Wildman–Crippen LogP) is 13.5. The monoisotopic (exact) mass is 629 g/mol. The van der Waals surface area contributed by atoms with Gasteiger partial charge in [0.05, 0.1) is 5.69 Å². The summed E-state index contributed by atoms with van der Waals surface area (Å²) in [5.41, 5.74) is 7.33. The van der Waals surface area contributed by atoms with Gasteiger partial charge in [-0.05, 0) is 108 Å². The van der Waals surface area contributed by atoms with Crippen molar-refractivity contribution in [3.8, 4) is 11.1 Å². The van der Waals surface area contributed by atoms with E-state index in [1.165, 1.54) is 69.6 Å². The Bertz CT molecular complexity index is 2630. The fourth-order valence-electron chi connectivity index (χ4n) is 7.82. The highest BCUT2D eigenvalue weighted by Gasteiger charge is 2.29. The first-order valence-corrected chi connectivity index (χ1v) is 17.5. The fraction of sp³-hybridized carbons (Fsp3) is 0.0435. The molecule has 0 aromatic heterocycles. The van der Waals surface area contributed by atoms with Gasteiger partial charge in [0.2, 0.25) is 0 Å². The molecule has 0 saturated carbocycles. The van der Waals surface area contributed by atoms with Crippen LogP contribution in [0.2, 0.25) is 0 Å². The summed E-state index contributed by atoms with van der Waals surface area (Å²) >= 11 is 1.94. The molecule has 2 aliphatic rings. The summed E-state index contributed by atoms with van der Waals surface area (Å²) in [5.74, 6) is 0.499. The Labute approximate surface area is 284 Å². The molecular weight excluding hydrogens is 599 g/mol. The SMILES string of the molecule is C1=CCC2C(=C1)Sc1cc3cc(N(c4ccc5c(ccc6ccc7ccccc7c65)c4)c4ccccc4-c4ccccc4)ccc3cc12. The van der Waals surface area contributed by atoms with Gasteiger partial charge in [0.15, 0.2) is 0 Å². The first kappa shape index (κ1) is 27.5. The lowest BCUT2D eigenvalue weighted by Crippen LogP contribution is -2.11. The molecule has 0 N–H and O–H groups in total.